The Morgan fingerprint density at radius 3 is 2.35 bits per heavy atom. The molecule has 128 valence electrons. The van der Waals surface area contributed by atoms with E-state index in [2.05, 4.69) is 37.0 Å². The van der Waals surface area contributed by atoms with Crippen molar-refractivity contribution >= 4 is 17.3 Å². The zero-order chi connectivity index (χ0) is 17.8. The Morgan fingerprint density at radius 1 is 0.923 bits per heavy atom. The van der Waals surface area contributed by atoms with E-state index < -0.39 is 0 Å². The summed E-state index contributed by atoms with van der Waals surface area (Å²) in [6.45, 7) is 0. The molecule has 0 bridgehead atoms. The summed E-state index contributed by atoms with van der Waals surface area (Å²) in [5, 5.41) is 2.09. The first-order valence-electron chi connectivity index (χ1n) is 8.07. The number of benzene rings is 2. The number of hydrogen-bond acceptors (Lipinski definition) is 5. The second-order valence-corrected chi connectivity index (χ2v) is 6.30. The number of methoxy groups -OCH3 is 1. The normalized spacial score (nSPS) is 11.5. The summed E-state index contributed by atoms with van der Waals surface area (Å²) in [7, 11) is 1.67. The molecule has 0 unspecified atom stereocenters. The van der Waals surface area contributed by atoms with Crippen LogP contribution in [0.2, 0.25) is 0 Å². The summed E-state index contributed by atoms with van der Waals surface area (Å²) in [6.07, 6.45) is 3.38. The minimum absolute atomic E-state index is 0.445. The molecule has 0 saturated carbocycles. The molecule has 0 N–H and O–H groups in total. The van der Waals surface area contributed by atoms with Crippen LogP contribution < -0.4 is 9.54 Å². The van der Waals surface area contributed by atoms with Crippen LogP contribution in [-0.4, -0.2) is 21.6 Å². The second kappa shape index (κ2) is 7.33. The molecule has 0 aliphatic carbocycles. The van der Waals surface area contributed by atoms with E-state index in [1.807, 2.05) is 42.5 Å². The van der Waals surface area contributed by atoms with Crippen molar-refractivity contribution in [3.63, 3.8) is 0 Å². The van der Waals surface area contributed by atoms with Crippen LogP contribution in [0, 0.1) is 0 Å². The van der Waals surface area contributed by atoms with Crippen LogP contribution in [0.15, 0.2) is 83.4 Å². The van der Waals surface area contributed by atoms with Crippen LogP contribution in [-0.2, 0) is 0 Å². The summed E-state index contributed by atoms with van der Waals surface area (Å²) < 4.78 is 7.38. The third kappa shape index (κ3) is 3.27. The lowest BCUT2D eigenvalue weighted by Crippen LogP contribution is -2.13. The first-order valence-corrected chi connectivity index (χ1v) is 8.95. The smallest absolute Gasteiger partial charge is 0.251 e. The fraction of sp³-hybridized carbons (Fsp3) is 0.0500. The van der Waals surface area contributed by atoms with Crippen molar-refractivity contribution < 1.29 is 4.74 Å². The molecular weight excluding hydrogens is 344 g/mol. The average molecular weight is 360 g/mol. The Labute approximate surface area is 154 Å². The van der Waals surface area contributed by atoms with E-state index in [1.54, 1.807) is 36.9 Å². The van der Waals surface area contributed by atoms with Gasteiger partial charge < -0.3 is 4.74 Å². The highest BCUT2D eigenvalue weighted by Crippen LogP contribution is 2.25. The molecule has 0 aliphatic heterocycles. The van der Waals surface area contributed by atoms with E-state index in [9.17, 15) is 0 Å². The van der Waals surface area contributed by atoms with Gasteiger partial charge in [-0.3, -0.25) is 4.57 Å². The van der Waals surface area contributed by atoms with Gasteiger partial charge in [0.05, 0.1) is 12.8 Å². The summed E-state index contributed by atoms with van der Waals surface area (Å²) >= 11 is 1.56. The number of aromatic nitrogens is 3. The largest absolute Gasteiger partial charge is 0.497 e. The van der Waals surface area contributed by atoms with Gasteiger partial charge >= 0.3 is 0 Å². The number of para-hydroxylation sites is 1. The summed E-state index contributed by atoms with van der Waals surface area (Å²) in [5.74, 6) is 1.28. The average Bonchev–Trinajstić information content (AvgIpc) is 3.13. The predicted molar refractivity (Wildman–Crippen MR) is 103 cm³/mol. The van der Waals surface area contributed by atoms with Crippen molar-refractivity contribution in [2.24, 2.45) is 4.99 Å². The molecule has 0 saturated heterocycles. The van der Waals surface area contributed by atoms with Crippen LogP contribution >= 0.6 is 11.3 Å². The number of ether oxygens (including phenoxy) is 1. The topological polar surface area (TPSA) is 52.3 Å². The molecule has 4 rings (SSSR count). The van der Waals surface area contributed by atoms with Gasteiger partial charge in [-0.05, 0) is 48.0 Å². The molecule has 26 heavy (non-hydrogen) atoms. The van der Waals surface area contributed by atoms with Gasteiger partial charge in [-0.1, -0.05) is 18.2 Å². The quantitative estimate of drug-likeness (QED) is 0.547. The van der Waals surface area contributed by atoms with Crippen molar-refractivity contribution in [3.05, 3.63) is 83.2 Å². The molecule has 4 aromatic rings. The van der Waals surface area contributed by atoms with Crippen LogP contribution in [0.4, 0.5) is 5.95 Å². The van der Waals surface area contributed by atoms with Crippen molar-refractivity contribution in [1.29, 1.82) is 0 Å². The lowest BCUT2D eigenvalue weighted by atomic mass is 10.1. The monoisotopic (exact) mass is 360 g/mol. The highest BCUT2D eigenvalue weighted by Gasteiger charge is 2.10. The van der Waals surface area contributed by atoms with E-state index in [0.717, 1.165) is 27.5 Å². The van der Waals surface area contributed by atoms with E-state index >= 15 is 0 Å². The van der Waals surface area contributed by atoms with Crippen LogP contribution in [0.5, 0.6) is 5.75 Å². The van der Waals surface area contributed by atoms with Gasteiger partial charge in [0.15, 0.2) is 4.80 Å². The zero-order valence-electron chi connectivity index (χ0n) is 14.1. The van der Waals surface area contributed by atoms with E-state index in [1.165, 1.54) is 0 Å². The molecule has 5 nitrogen and oxygen atoms in total. The molecule has 0 fully saturated rings. The van der Waals surface area contributed by atoms with Gasteiger partial charge in [0.1, 0.15) is 5.75 Å². The van der Waals surface area contributed by atoms with Crippen molar-refractivity contribution in [2.45, 2.75) is 0 Å². The first-order chi connectivity index (χ1) is 12.8. The first kappa shape index (κ1) is 16.2. The minimum Gasteiger partial charge on any atom is -0.497 e. The maximum absolute atomic E-state index is 5.26. The molecule has 0 atom stereocenters. The van der Waals surface area contributed by atoms with Gasteiger partial charge in [-0.25, -0.2) is 9.97 Å². The zero-order valence-corrected chi connectivity index (χ0v) is 14.9. The molecule has 0 radical (unpaired) electrons. The maximum atomic E-state index is 5.26. The third-order valence-corrected chi connectivity index (χ3v) is 4.68. The Morgan fingerprint density at radius 2 is 1.65 bits per heavy atom. The van der Waals surface area contributed by atoms with E-state index in [4.69, 9.17) is 4.74 Å². The van der Waals surface area contributed by atoms with Gasteiger partial charge in [-0.2, -0.15) is 4.99 Å². The molecule has 0 spiro atoms. The number of hydrogen-bond donors (Lipinski definition) is 0. The fourth-order valence-electron chi connectivity index (χ4n) is 2.61. The van der Waals surface area contributed by atoms with Crippen LogP contribution in [0.25, 0.3) is 16.9 Å². The number of nitrogens with zero attached hydrogens (tertiary/aromatic N) is 4. The molecule has 2 aromatic carbocycles. The van der Waals surface area contributed by atoms with E-state index in [-0.39, 0.29) is 0 Å². The van der Waals surface area contributed by atoms with Crippen LogP contribution in [0.1, 0.15) is 0 Å². The maximum Gasteiger partial charge on any atom is 0.251 e. The van der Waals surface area contributed by atoms with Gasteiger partial charge in [0.2, 0.25) is 0 Å². The fourth-order valence-corrected chi connectivity index (χ4v) is 3.52. The Kier molecular flexibility index (Phi) is 4.57. The molecular formula is C20H16N4OS. The summed E-state index contributed by atoms with van der Waals surface area (Å²) in [6, 6.07) is 19.9. The van der Waals surface area contributed by atoms with Crippen molar-refractivity contribution in [1.82, 2.24) is 14.5 Å². The standard InChI is InChI=1S/C20H16N4OS/c1-25-17-10-8-15(9-11-17)18-14-26-20(23-19-21-12-5-13-22-19)24(18)16-6-3-2-4-7-16/h2-14H,1H3/b23-20-. The second-order valence-electron chi connectivity index (χ2n) is 5.46. The molecule has 2 aromatic heterocycles. The number of rotatable bonds is 4. The number of thiazole rings is 1. The van der Waals surface area contributed by atoms with Crippen molar-refractivity contribution in [2.75, 3.05) is 7.11 Å². The highest BCUT2D eigenvalue weighted by molar-refractivity contribution is 7.07. The Hall–Kier alpha value is -3.25. The molecule has 2 heterocycles. The Balaban J connectivity index is 1.91. The SMILES string of the molecule is COc1ccc(-c2cs/c(=N\c3ncccn3)n2-c2ccccc2)cc1. The van der Waals surface area contributed by atoms with Gasteiger partial charge in [-0.15, -0.1) is 11.3 Å². The highest BCUT2D eigenvalue weighted by atomic mass is 32.1. The van der Waals surface area contributed by atoms with E-state index in [0.29, 0.717) is 5.95 Å². The van der Waals surface area contributed by atoms with Gasteiger partial charge in [0, 0.05) is 23.5 Å². The summed E-state index contributed by atoms with van der Waals surface area (Å²) in [5.41, 5.74) is 3.18. The van der Waals surface area contributed by atoms with Crippen molar-refractivity contribution in [3.8, 4) is 22.7 Å². The van der Waals surface area contributed by atoms with Crippen LogP contribution in [0.3, 0.4) is 0 Å². The summed E-state index contributed by atoms with van der Waals surface area (Å²) in [4.78, 5) is 13.9. The molecule has 0 aliphatic rings. The van der Waals surface area contributed by atoms with Gasteiger partial charge in [0.25, 0.3) is 5.95 Å². The predicted octanol–water partition coefficient (Wildman–Crippen LogP) is 4.24. The molecule has 6 heteroatoms. The minimum atomic E-state index is 0.445. The third-order valence-electron chi connectivity index (χ3n) is 3.86. The lowest BCUT2D eigenvalue weighted by molar-refractivity contribution is 0.415. The molecule has 0 amide bonds. The lowest BCUT2D eigenvalue weighted by Gasteiger charge is -2.09. The Bertz CT molecular complexity index is 1050.